The van der Waals surface area contributed by atoms with E-state index in [-0.39, 0.29) is 0 Å². The average Bonchev–Trinajstić information content (AvgIpc) is 2.39. The third kappa shape index (κ3) is 2.46. The minimum absolute atomic E-state index is 0.675. The van der Waals surface area contributed by atoms with Gasteiger partial charge < -0.3 is 0 Å². The summed E-state index contributed by atoms with van der Waals surface area (Å²) in [7, 11) is 0. The molecule has 0 spiro atoms. The molecular formula is C16H20. The Labute approximate surface area is 98.8 Å². The Morgan fingerprint density at radius 3 is 2.81 bits per heavy atom. The van der Waals surface area contributed by atoms with E-state index in [0.29, 0.717) is 5.92 Å². The number of hydrogen-bond acceptors (Lipinski definition) is 0. The van der Waals surface area contributed by atoms with E-state index in [0.717, 1.165) is 6.42 Å². The third-order valence-corrected chi connectivity index (χ3v) is 3.67. The topological polar surface area (TPSA) is 0 Å². The molecule has 0 heterocycles. The van der Waals surface area contributed by atoms with Gasteiger partial charge in [0.2, 0.25) is 0 Å². The van der Waals surface area contributed by atoms with Gasteiger partial charge in [-0.05, 0) is 61.7 Å². The largest absolute Gasteiger partial charge is 0.130 e. The Kier molecular flexibility index (Phi) is 3.64. The highest BCUT2D eigenvalue weighted by molar-refractivity contribution is 5.42. The van der Waals surface area contributed by atoms with Crippen LogP contribution in [0.4, 0.5) is 0 Å². The van der Waals surface area contributed by atoms with Crippen LogP contribution in [-0.4, -0.2) is 0 Å². The summed E-state index contributed by atoms with van der Waals surface area (Å²) in [6.07, 6.45) is 15.4. The van der Waals surface area contributed by atoms with Gasteiger partial charge in [0, 0.05) is 0 Å². The summed E-state index contributed by atoms with van der Waals surface area (Å²) in [4.78, 5) is 0. The van der Waals surface area contributed by atoms with E-state index in [9.17, 15) is 0 Å². The van der Waals surface area contributed by atoms with Gasteiger partial charge in [-0.3, -0.25) is 0 Å². The van der Waals surface area contributed by atoms with Gasteiger partial charge in [0.25, 0.3) is 0 Å². The van der Waals surface area contributed by atoms with Crippen LogP contribution in [0, 0.1) is 5.92 Å². The van der Waals surface area contributed by atoms with Crippen molar-refractivity contribution in [2.24, 2.45) is 5.92 Å². The summed E-state index contributed by atoms with van der Waals surface area (Å²) in [5.74, 6) is 0.675. The first-order valence-corrected chi connectivity index (χ1v) is 6.24. The molecule has 2 aliphatic carbocycles. The first-order valence-electron chi connectivity index (χ1n) is 6.24. The van der Waals surface area contributed by atoms with Crippen molar-refractivity contribution in [3.8, 4) is 0 Å². The molecule has 0 aliphatic heterocycles. The second-order valence-corrected chi connectivity index (χ2v) is 4.70. The van der Waals surface area contributed by atoms with Crippen molar-refractivity contribution in [2.45, 2.75) is 39.0 Å². The molecule has 0 bridgehead atoms. The summed E-state index contributed by atoms with van der Waals surface area (Å²) in [5.41, 5.74) is 7.37. The summed E-state index contributed by atoms with van der Waals surface area (Å²) in [5, 5.41) is 0. The van der Waals surface area contributed by atoms with E-state index in [4.69, 9.17) is 0 Å². The Hall–Kier alpha value is -1.26. The van der Waals surface area contributed by atoms with Gasteiger partial charge in [-0.1, -0.05) is 30.9 Å². The predicted molar refractivity (Wildman–Crippen MR) is 70.2 cm³/mol. The maximum absolute atomic E-state index is 3.74. The maximum atomic E-state index is 3.74. The van der Waals surface area contributed by atoms with Crippen LogP contribution in [-0.2, 0) is 0 Å². The van der Waals surface area contributed by atoms with Crippen molar-refractivity contribution >= 4 is 0 Å². The van der Waals surface area contributed by atoms with Crippen molar-refractivity contribution in [1.82, 2.24) is 0 Å². The van der Waals surface area contributed by atoms with Crippen LogP contribution in [0.15, 0.2) is 53.3 Å². The highest BCUT2D eigenvalue weighted by Gasteiger charge is 2.17. The zero-order chi connectivity index (χ0) is 11.4. The predicted octanol–water partition coefficient (Wildman–Crippen LogP) is 4.72. The molecule has 0 nitrogen and oxygen atoms in total. The molecule has 0 amide bonds. The van der Waals surface area contributed by atoms with Crippen molar-refractivity contribution in [2.75, 3.05) is 0 Å². The highest BCUT2D eigenvalue weighted by Crippen LogP contribution is 2.33. The molecule has 0 heteroatoms. The van der Waals surface area contributed by atoms with Gasteiger partial charge in [0.1, 0.15) is 0 Å². The SMILES string of the molecule is C=C=C(C)C1CC=C(C2=CCCC=C2)CC1. The Bertz CT molecular complexity index is 398. The minimum atomic E-state index is 0.675. The van der Waals surface area contributed by atoms with Gasteiger partial charge in [0.05, 0.1) is 0 Å². The van der Waals surface area contributed by atoms with E-state index in [1.54, 1.807) is 5.57 Å². The summed E-state index contributed by atoms with van der Waals surface area (Å²) < 4.78 is 0. The zero-order valence-electron chi connectivity index (χ0n) is 10.1. The van der Waals surface area contributed by atoms with E-state index in [1.807, 2.05) is 0 Å². The number of allylic oxidation sites excluding steroid dienone is 7. The summed E-state index contributed by atoms with van der Waals surface area (Å²) in [6.45, 7) is 5.89. The third-order valence-electron chi connectivity index (χ3n) is 3.67. The summed E-state index contributed by atoms with van der Waals surface area (Å²) in [6, 6.07) is 0. The fourth-order valence-corrected chi connectivity index (χ4v) is 2.49. The van der Waals surface area contributed by atoms with Crippen molar-refractivity contribution < 1.29 is 0 Å². The van der Waals surface area contributed by atoms with E-state index in [2.05, 4.69) is 43.5 Å². The molecular weight excluding hydrogens is 192 g/mol. The second kappa shape index (κ2) is 5.18. The first-order chi connectivity index (χ1) is 7.81. The lowest BCUT2D eigenvalue weighted by Gasteiger charge is -2.23. The monoisotopic (exact) mass is 212 g/mol. The molecule has 0 aromatic heterocycles. The molecule has 84 valence electrons. The van der Waals surface area contributed by atoms with Crippen molar-refractivity contribution in [1.29, 1.82) is 0 Å². The fourth-order valence-electron chi connectivity index (χ4n) is 2.49. The van der Waals surface area contributed by atoms with Gasteiger partial charge in [-0.25, -0.2) is 0 Å². The van der Waals surface area contributed by atoms with Crippen LogP contribution >= 0.6 is 0 Å². The molecule has 1 unspecified atom stereocenters. The number of rotatable bonds is 2. The van der Waals surface area contributed by atoms with Crippen molar-refractivity contribution in [3.05, 3.63) is 53.3 Å². The standard InChI is InChI=1S/C16H20/c1-3-13(2)14-9-11-16(12-10-14)15-7-5-4-6-8-15/h5,7-8,11,14H,1,4,6,9-10,12H2,2H3. The van der Waals surface area contributed by atoms with Gasteiger partial charge in [-0.15, -0.1) is 5.73 Å². The summed E-state index contributed by atoms with van der Waals surface area (Å²) >= 11 is 0. The van der Waals surface area contributed by atoms with Crippen molar-refractivity contribution in [3.63, 3.8) is 0 Å². The zero-order valence-corrected chi connectivity index (χ0v) is 10.1. The molecule has 0 radical (unpaired) electrons. The quantitative estimate of drug-likeness (QED) is 0.581. The van der Waals surface area contributed by atoms with Gasteiger partial charge in [-0.2, -0.15) is 0 Å². The molecule has 2 aliphatic rings. The molecule has 0 N–H and O–H groups in total. The van der Waals surface area contributed by atoms with Crippen LogP contribution in [0.1, 0.15) is 39.0 Å². The molecule has 0 aromatic rings. The molecule has 16 heavy (non-hydrogen) atoms. The minimum Gasteiger partial charge on any atom is -0.130 e. The molecule has 0 saturated heterocycles. The lowest BCUT2D eigenvalue weighted by atomic mass is 9.82. The Balaban J connectivity index is 2.06. The molecule has 0 aromatic carbocycles. The second-order valence-electron chi connectivity index (χ2n) is 4.70. The van der Waals surface area contributed by atoms with E-state index in [1.165, 1.54) is 36.8 Å². The maximum Gasteiger partial charge on any atom is -0.00922 e. The lowest BCUT2D eigenvalue weighted by molar-refractivity contribution is 0.543. The first kappa shape index (κ1) is 11.2. The van der Waals surface area contributed by atoms with Crippen LogP contribution in [0.5, 0.6) is 0 Å². The lowest BCUT2D eigenvalue weighted by Crippen LogP contribution is -2.07. The normalized spacial score (nSPS) is 24.4. The molecule has 1 atom stereocenters. The van der Waals surface area contributed by atoms with Crippen LogP contribution < -0.4 is 0 Å². The average molecular weight is 212 g/mol. The van der Waals surface area contributed by atoms with E-state index >= 15 is 0 Å². The molecule has 2 rings (SSSR count). The highest BCUT2D eigenvalue weighted by atomic mass is 14.2. The number of hydrogen-bond donors (Lipinski definition) is 0. The fraction of sp³-hybridized carbons (Fsp3) is 0.438. The Morgan fingerprint density at radius 2 is 2.25 bits per heavy atom. The Morgan fingerprint density at radius 1 is 1.38 bits per heavy atom. The molecule has 0 saturated carbocycles. The smallest absolute Gasteiger partial charge is 0.00922 e. The van der Waals surface area contributed by atoms with Crippen LogP contribution in [0.2, 0.25) is 0 Å². The van der Waals surface area contributed by atoms with Crippen LogP contribution in [0.3, 0.4) is 0 Å². The van der Waals surface area contributed by atoms with Crippen LogP contribution in [0.25, 0.3) is 0 Å². The van der Waals surface area contributed by atoms with Gasteiger partial charge in [0.15, 0.2) is 0 Å². The van der Waals surface area contributed by atoms with Gasteiger partial charge >= 0.3 is 0 Å². The van der Waals surface area contributed by atoms with E-state index < -0.39 is 0 Å². The molecule has 0 fully saturated rings.